The lowest BCUT2D eigenvalue weighted by Gasteiger charge is -2.08. The molecule has 0 atom stereocenters. The molecule has 3 rings (SSSR count). The zero-order valence-electron chi connectivity index (χ0n) is 21.1. The van der Waals surface area contributed by atoms with Crippen molar-refractivity contribution in [3.8, 4) is 17.1 Å². The van der Waals surface area contributed by atoms with Gasteiger partial charge in [-0.05, 0) is 61.1 Å². The first kappa shape index (κ1) is 26.5. The van der Waals surface area contributed by atoms with Gasteiger partial charge in [0.2, 0.25) is 0 Å². The van der Waals surface area contributed by atoms with Crippen molar-refractivity contribution in [1.29, 1.82) is 0 Å². The van der Waals surface area contributed by atoms with Gasteiger partial charge < -0.3 is 4.74 Å². The molecule has 0 amide bonds. The molecule has 35 heavy (non-hydrogen) atoms. The summed E-state index contributed by atoms with van der Waals surface area (Å²) in [6.07, 6.45) is 16.3. The third-order valence-corrected chi connectivity index (χ3v) is 6.17. The van der Waals surface area contributed by atoms with Gasteiger partial charge in [-0.3, -0.25) is 0 Å². The van der Waals surface area contributed by atoms with Gasteiger partial charge in [0.25, 0.3) is 0 Å². The Morgan fingerprint density at radius 1 is 0.771 bits per heavy atom. The maximum absolute atomic E-state index is 14.5. The van der Waals surface area contributed by atoms with Gasteiger partial charge in [-0.1, -0.05) is 77.0 Å². The predicted molar refractivity (Wildman–Crippen MR) is 139 cm³/mol. The second kappa shape index (κ2) is 14.3. The number of ether oxygens (including phenoxy) is 1. The lowest BCUT2D eigenvalue weighted by atomic mass is 10.1. The number of rotatable bonds is 14. The van der Waals surface area contributed by atoms with Crippen molar-refractivity contribution in [2.24, 2.45) is 0 Å². The number of esters is 1. The van der Waals surface area contributed by atoms with Crippen LogP contribution in [0.2, 0.25) is 0 Å². The topological polar surface area (TPSA) is 52.1 Å². The van der Waals surface area contributed by atoms with Crippen molar-refractivity contribution in [2.45, 2.75) is 84.5 Å². The van der Waals surface area contributed by atoms with Gasteiger partial charge >= 0.3 is 5.97 Å². The quantitative estimate of drug-likeness (QED) is 0.134. The minimum absolute atomic E-state index is 0.0509. The van der Waals surface area contributed by atoms with Gasteiger partial charge in [0, 0.05) is 18.0 Å². The first-order valence-electron chi connectivity index (χ1n) is 13.0. The molecule has 1 heterocycles. The van der Waals surface area contributed by atoms with E-state index in [1.165, 1.54) is 50.7 Å². The molecule has 3 aromatic rings. The summed E-state index contributed by atoms with van der Waals surface area (Å²) in [5.74, 6) is -0.544. The Morgan fingerprint density at radius 3 is 2.00 bits per heavy atom. The summed E-state index contributed by atoms with van der Waals surface area (Å²) in [6, 6.07) is 11.7. The Labute approximate surface area is 209 Å². The highest BCUT2D eigenvalue weighted by atomic mass is 19.1. The van der Waals surface area contributed by atoms with Crippen molar-refractivity contribution in [3.05, 3.63) is 77.4 Å². The molecule has 4 nitrogen and oxygen atoms in total. The average Bonchev–Trinajstić information content (AvgIpc) is 2.88. The van der Waals surface area contributed by atoms with E-state index in [4.69, 9.17) is 4.74 Å². The number of hydrogen-bond donors (Lipinski definition) is 0. The van der Waals surface area contributed by atoms with Crippen molar-refractivity contribution in [1.82, 2.24) is 9.97 Å². The Hall–Kier alpha value is -3.08. The van der Waals surface area contributed by atoms with E-state index in [1.807, 2.05) is 18.5 Å². The van der Waals surface area contributed by atoms with Crippen LogP contribution in [0.3, 0.4) is 0 Å². The van der Waals surface area contributed by atoms with Crippen LogP contribution in [0.25, 0.3) is 11.4 Å². The smallest absolute Gasteiger partial charge is 0.343 e. The summed E-state index contributed by atoms with van der Waals surface area (Å²) in [4.78, 5) is 21.5. The second-order valence-corrected chi connectivity index (χ2v) is 9.12. The molecule has 0 fully saturated rings. The molecule has 186 valence electrons. The van der Waals surface area contributed by atoms with Crippen molar-refractivity contribution in [3.63, 3.8) is 0 Å². The average molecular weight is 477 g/mol. The highest BCUT2D eigenvalue weighted by Crippen LogP contribution is 2.22. The van der Waals surface area contributed by atoms with Crippen LogP contribution in [0.1, 0.15) is 93.1 Å². The van der Waals surface area contributed by atoms with Crippen molar-refractivity contribution in [2.75, 3.05) is 0 Å². The second-order valence-electron chi connectivity index (χ2n) is 9.12. The number of benzene rings is 2. The highest BCUT2D eigenvalue weighted by Gasteiger charge is 2.13. The fourth-order valence-electron chi connectivity index (χ4n) is 4.02. The molecule has 0 saturated heterocycles. The number of carbonyl (C=O) groups is 1. The van der Waals surface area contributed by atoms with Crippen LogP contribution in [-0.2, 0) is 12.8 Å². The van der Waals surface area contributed by atoms with E-state index in [-0.39, 0.29) is 5.75 Å². The van der Waals surface area contributed by atoms with Gasteiger partial charge in [-0.2, -0.15) is 0 Å². The van der Waals surface area contributed by atoms with E-state index in [0.717, 1.165) is 48.8 Å². The molecule has 0 saturated carbocycles. The first-order chi connectivity index (χ1) is 17.1. The molecule has 0 aliphatic carbocycles. The number of aromatic nitrogens is 2. The maximum Gasteiger partial charge on any atom is 0.343 e. The minimum atomic E-state index is -0.592. The minimum Gasteiger partial charge on any atom is -0.420 e. The molecular weight excluding hydrogens is 439 g/mol. The fourth-order valence-corrected chi connectivity index (χ4v) is 4.02. The van der Waals surface area contributed by atoms with Gasteiger partial charge in [0.05, 0.1) is 5.56 Å². The van der Waals surface area contributed by atoms with Crippen LogP contribution in [0, 0.1) is 5.82 Å². The monoisotopic (exact) mass is 476 g/mol. The van der Waals surface area contributed by atoms with E-state index in [1.54, 1.807) is 24.3 Å². The fraction of sp³-hybridized carbons (Fsp3) is 0.433. The summed E-state index contributed by atoms with van der Waals surface area (Å²) < 4.78 is 19.8. The maximum atomic E-state index is 14.5. The molecule has 0 aliphatic heterocycles. The summed E-state index contributed by atoms with van der Waals surface area (Å²) >= 11 is 0. The van der Waals surface area contributed by atoms with Gasteiger partial charge in [-0.25, -0.2) is 19.2 Å². The number of halogens is 1. The molecule has 0 aliphatic rings. The zero-order valence-corrected chi connectivity index (χ0v) is 21.1. The van der Waals surface area contributed by atoms with E-state index < -0.39 is 11.8 Å². The van der Waals surface area contributed by atoms with E-state index in [0.29, 0.717) is 11.4 Å². The summed E-state index contributed by atoms with van der Waals surface area (Å²) in [7, 11) is 0. The third-order valence-electron chi connectivity index (χ3n) is 6.17. The Morgan fingerprint density at radius 2 is 1.37 bits per heavy atom. The molecule has 2 aromatic carbocycles. The van der Waals surface area contributed by atoms with Crippen LogP contribution in [0.15, 0.2) is 54.9 Å². The SMILES string of the molecule is CCCCCCCc1cnc(-c2ccc(C(=O)Oc3ccc(CCCCCC)cc3F)cc2)nc1. The lowest BCUT2D eigenvalue weighted by molar-refractivity contribution is 0.0728. The Balaban J connectivity index is 1.53. The number of unbranched alkanes of at least 4 members (excludes halogenated alkanes) is 7. The first-order valence-corrected chi connectivity index (χ1v) is 13.0. The Kier molecular flexibility index (Phi) is 10.9. The van der Waals surface area contributed by atoms with Gasteiger partial charge in [-0.15, -0.1) is 0 Å². The standard InChI is InChI=1S/C30H37FN2O2/c1-3-5-7-9-11-13-24-21-32-29(33-22-24)25-15-17-26(18-16-25)30(34)35-28-19-14-23(20-27(28)31)12-10-8-6-4-2/h14-22H,3-13H2,1-2H3. The van der Waals surface area contributed by atoms with Crippen LogP contribution < -0.4 is 4.74 Å². The number of nitrogens with zero attached hydrogens (tertiary/aromatic N) is 2. The molecule has 0 bridgehead atoms. The summed E-state index contributed by atoms with van der Waals surface area (Å²) in [5.41, 5.74) is 3.22. The molecule has 0 unspecified atom stereocenters. The van der Waals surface area contributed by atoms with Gasteiger partial charge in [0.15, 0.2) is 17.4 Å². The van der Waals surface area contributed by atoms with Crippen LogP contribution in [-0.4, -0.2) is 15.9 Å². The van der Waals surface area contributed by atoms with E-state index >= 15 is 0 Å². The number of carbonyl (C=O) groups excluding carboxylic acids is 1. The Bertz CT molecular complexity index is 1050. The van der Waals surface area contributed by atoms with Crippen molar-refractivity contribution >= 4 is 5.97 Å². The number of hydrogen-bond acceptors (Lipinski definition) is 4. The molecule has 0 radical (unpaired) electrons. The lowest BCUT2D eigenvalue weighted by Crippen LogP contribution is -2.09. The third kappa shape index (κ3) is 8.57. The predicted octanol–water partition coefficient (Wildman–Crippen LogP) is 8.14. The van der Waals surface area contributed by atoms with Crippen LogP contribution in [0.5, 0.6) is 5.75 Å². The summed E-state index contributed by atoms with van der Waals surface area (Å²) in [5, 5.41) is 0. The normalized spacial score (nSPS) is 10.9. The molecule has 5 heteroatoms. The highest BCUT2D eigenvalue weighted by molar-refractivity contribution is 5.91. The van der Waals surface area contributed by atoms with Gasteiger partial charge in [0.1, 0.15) is 0 Å². The molecular formula is C30H37FN2O2. The molecule has 0 spiro atoms. The van der Waals surface area contributed by atoms with Crippen LogP contribution in [0.4, 0.5) is 4.39 Å². The number of aryl methyl sites for hydroxylation is 2. The largest absolute Gasteiger partial charge is 0.420 e. The zero-order chi connectivity index (χ0) is 24.9. The van der Waals surface area contributed by atoms with Crippen molar-refractivity contribution < 1.29 is 13.9 Å². The molecule has 0 N–H and O–H groups in total. The van der Waals surface area contributed by atoms with Crippen LogP contribution >= 0.6 is 0 Å². The van der Waals surface area contributed by atoms with E-state index in [9.17, 15) is 9.18 Å². The summed E-state index contributed by atoms with van der Waals surface area (Å²) in [6.45, 7) is 4.38. The van der Waals surface area contributed by atoms with E-state index in [2.05, 4.69) is 23.8 Å². The molecule has 1 aromatic heterocycles.